The molecule has 1 aromatic heterocycles. The van der Waals surface area contributed by atoms with Gasteiger partial charge in [0.15, 0.2) is 5.43 Å². The highest BCUT2D eigenvalue weighted by Crippen LogP contribution is 2.39. The predicted octanol–water partition coefficient (Wildman–Crippen LogP) is 4.14. The summed E-state index contributed by atoms with van der Waals surface area (Å²) in [4.78, 5) is 28.8. The summed E-state index contributed by atoms with van der Waals surface area (Å²) < 4.78 is 17.1. The second-order valence-electron chi connectivity index (χ2n) is 8.37. The molecule has 2 aromatic carbocycles. The van der Waals surface area contributed by atoms with Gasteiger partial charge in [0.2, 0.25) is 5.76 Å². The van der Waals surface area contributed by atoms with Crippen LogP contribution in [-0.2, 0) is 4.74 Å². The van der Waals surface area contributed by atoms with Crippen LogP contribution in [0.4, 0.5) is 0 Å². The van der Waals surface area contributed by atoms with Gasteiger partial charge in [-0.25, -0.2) is 0 Å². The first-order valence-corrected chi connectivity index (χ1v) is 10.6. The lowest BCUT2D eigenvalue weighted by molar-refractivity contribution is 0.0486. The maximum Gasteiger partial charge on any atom is 0.291 e. The summed E-state index contributed by atoms with van der Waals surface area (Å²) in [6, 6.07) is 10.7. The predicted molar refractivity (Wildman–Crippen MR) is 117 cm³/mol. The fraction of sp³-hybridized carbons (Fsp3) is 0.360. The third-order valence-corrected chi connectivity index (χ3v) is 6.44. The van der Waals surface area contributed by atoms with Crippen LogP contribution in [0.1, 0.15) is 51.7 Å². The van der Waals surface area contributed by atoms with Gasteiger partial charge < -0.3 is 18.8 Å². The normalized spacial score (nSPS) is 20.5. The average Bonchev–Trinajstić information content (AvgIpc) is 3.38. The van der Waals surface area contributed by atoms with E-state index in [-0.39, 0.29) is 23.2 Å². The molecule has 1 amide bonds. The van der Waals surface area contributed by atoms with Gasteiger partial charge >= 0.3 is 0 Å². The van der Waals surface area contributed by atoms with E-state index in [1.807, 2.05) is 50.2 Å². The summed E-state index contributed by atoms with van der Waals surface area (Å²) in [5.74, 6) is 0.596. The van der Waals surface area contributed by atoms with Crippen molar-refractivity contribution in [3.8, 4) is 5.75 Å². The minimum absolute atomic E-state index is 0.0342. The van der Waals surface area contributed by atoms with Crippen LogP contribution >= 0.6 is 0 Å². The van der Waals surface area contributed by atoms with Crippen LogP contribution in [0, 0.1) is 13.8 Å². The molecule has 160 valence electrons. The van der Waals surface area contributed by atoms with Gasteiger partial charge in [-0.1, -0.05) is 12.1 Å². The van der Waals surface area contributed by atoms with Crippen molar-refractivity contribution in [2.45, 2.75) is 38.8 Å². The number of amides is 1. The molecule has 0 aliphatic carbocycles. The van der Waals surface area contributed by atoms with Gasteiger partial charge in [-0.3, -0.25) is 9.59 Å². The highest BCUT2D eigenvalue weighted by atomic mass is 16.5. The molecule has 1 fully saturated rings. The molecular formula is C25H25NO5. The zero-order valence-electron chi connectivity index (χ0n) is 17.9. The molecule has 0 N–H and O–H groups in total. The van der Waals surface area contributed by atoms with E-state index in [1.165, 1.54) is 0 Å². The van der Waals surface area contributed by atoms with Gasteiger partial charge in [0.25, 0.3) is 5.91 Å². The van der Waals surface area contributed by atoms with Crippen molar-refractivity contribution in [1.29, 1.82) is 0 Å². The SMILES string of the molecule is COc1ccc([C@H]2c3c(oc4cc(C)c(C)cc4c3=O)C(=O)N2C[C@H]2CCCO2)cc1. The maximum atomic E-state index is 13.6. The van der Waals surface area contributed by atoms with Gasteiger partial charge in [0, 0.05) is 13.2 Å². The Hall–Kier alpha value is -3.12. The molecule has 1 saturated heterocycles. The van der Waals surface area contributed by atoms with Crippen LogP contribution in [0.5, 0.6) is 5.75 Å². The first kappa shape index (κ1) is 19.8. The molecule has 5 rings (SSSR count). The smallest absolute Gasteiger partial charge is 0.291 e. The number of hydrogen-bond donors (Lipinski definition) is 0. The zero-order valence-corrected chi connectivity index (χ0v) is 17.9. The Bertz CT molecular complexity index is 1220. The summed E-state index contributed by atoms with van der Waals surface area (Å²) in [6.45, 7) is 5.06. The standard InChI is InChI=1S/C25H25NO5/c1-14-11-19-20(12-15(14)2)31-24-21(23(19)27)22(16-6-8-17(29-3)9-7-16)26(25(24)28)13-18-5-4-10-30-18/h6-9,11-12,18,22H,4-5,10,13H2,1-3H3/t18-,22+/m1/s1. The fourth-order valence-corrected chi connectivity index (χ4v) is 4.60. The molecule has 6 nitrogen and oxygen atoms in total. The van der Waals surface area contributed by atoms with E-state index in [9.17, 15) is 9.59 Å². The molecule has 0 radical (unpaired) electrons. The largest absolute Gasteiger partial charge is 0.497 e. The second kappa shape index (κ2) is 7.54. The number of benzene rings is 2. The Morgan fingerprint density at radius 1 is 1.10 bits per heavy atom. The minimum atomic E-state index is -0.514. The van der Waals surface area contributed by atoms with Crippen molar-refractivity contribution in [2.24, 2.45) is 0 Å². The molecule has 2 atom stereocenters. The lowest BCUT2D eigenvalue weighted by Gasteiger charge is -2.27. The molecule has 0 spiro atoms. The van der Waals surface area contributed by atoms with Crippen molar-refractivity contribution < 1.29 is 18.7 Å². The number of aryl methyl sites for hydroxylation is 2. The Morgan fingerprint density at radius 3 is 2.52 bits per heavy atom. The van der Waals surface area contributed by atoms with Crippen molar-refractivity contribution in [3.63, 3.8) is 0 Å². The first-order valence-electron chi connectivity index (χ1n) is 10.6. The van der Waals surface area contributed by atoms with E-state index in [4.69, 9.17) is 13.9 Å². The Morgan fingerprint density at radius 2 is 1.84 bits per heavy atom. The number of hydrogen-bond acceptors (Lipinski definition) is 5. The van der Waals surface area contributed by atoms with Crippen molar-refractivity contribution in [2.75, 3.05) is 20.3 Å². The molecule has 31 heavy (non-hydrogen) atoms. The zero-order chi connectivity index (χ0) is 21.7. The van der Waals surface area contributed by atoms with Crippen molar-refractivity contribution in [1.82, 2.24) is 4.90 Å². The molecule has 3 aromatic rings. The Balaban J connectivity index is 1.70. The highest BCUT2D eigenvalue weighted by Gasteiger charge is 2.43. The fourth-order valence-electron chi connectivity index (χ4n) is 4.60. The highest BCUT2D eigenvalue weighted by molar-refractivity contribution is 5.99. The molecule has 0 saturated carbocycles. The third kappa shape index (κ3) is 3.22. The van der Waals surface area contributed by atoms with E-state index >= 15 is 0 Å². The topological polar surface area (TPSA) is 69.0 Å². The number of nitrogens with zero attached hydrogens (tertiary/aromatic N) is 1. The van der Waals surface area contributed by atoms with E-state index in [0.29, 0.717) is 29.7 Å². The number of carbonyl (C=O) groups is 1. The number of carbonyl (C=O) groups excluding carboxylic acids is 1. The van der Waals surface area contributed by atoms with Gasteiger partial charge in [0.1, 0.15) is 11.3 Å². The number of fused-ring (bicyclic) bond motifs is 2. The molecule has 6 heteroatoms. The molecular weight excluding hydrogens is 394 g/mol. The number of ether oxygens (including phenoxy) is 2. The van der Waals surface area contributed by atoms with Crippen molar-refractivity contribution >= 4 is 16.9 Å². The molecule has 0 bridgehead atoms. The lowest BCUT2D eigenvalue weighted by Crippen LogP contribution is -2.36. The first-order chi connectivity index (χ1) is 15.0. The van der Waals surface area contributed by atoms with Crippen LogP contribution in [0.25, 0.3) is 11.0 Å². The average molecular weight is 419 g/mol. The van der Waals surface area contributed by atoms with Gasteiger partial charge in [-0.05, 0) is 67.6 Å². The molecule has 2 aliphatic heterocycles. The Kier molecular flexibility index (Phi) is 4.82. The van der Waals surface area contributed by atoms with E-state index in [2.05, 4.69) is 0 Å². The number of rotatable bonds is 4. The lowest BCUT2D eigenvalue weighted by atomic mass is 9.97. The van der Waals surface area contributed by atoms with Crippen molar-refractivity contribution in [3.05, 3.63) is 74.6 Å². The molecule has 2 aliphatic rings. The van der Waals surface area contributed by atoms with E-state index < -0.39 is 6.04 Å². The summed E-state index contributed by atoms with van der Waals surface area (Å²) in [5, 5.41) is 0.507. The monoisotopic (exact) mass is 419 g/mol. The molecule has 0 unspecified atom stereocenters. The summed E-state index contributed by atoms with van der Waals surface area (Å²) in [7, 11) is 1.61. The third-order valence-electron chi connectivity index (χ3n) is 6.44. The van der Waals surface area contributed by atoms with Crippen LogP contribution in [-0.4, -0.2) is 37.2 Å². The number of methoxy groups -OCH3 is 1. The van der Waals surface area contributed by atoms with Gasteiger partial charge in [-0.2, -0.15) is 0 Å². The molecule has 3 heterocycles. The van der Waals surface area contributed by atoms with Crippen LogP contribution < -0.4 is 10.2 Å². The quantitative estimate of drug-likeness (QED) is 0.636. The van der Waals surface area contributed by atoms with E-state index in [0.717, 1.165) is 35.3 Å². The minimum Gasteiger partial charge on any atom is -0.497 e. The second-order valence-corrected chi connectivity index (χ2v) is 8.37. The van der Waals surface area contributed by atoms with Crippen LogP contribution in [0.3, 0.4) is 0 Å². The maximum absolute atomic E-state index is 13.6. The van der Waals surface area contributed by atoms with Crippen LogP contribution in [0.15, 0.2) is 45.6 Å². The Labute approximate surface area is 180 Å². The summed E-state index contributed by atoms with van der Waals surface area (Å²) >= 11 is 0. The van der Waals surface area contributed by atoms with Gasteiger partial charge in [0.05, 0.1) is 30.2 Å². The van der Waals surface area contributed by atoms with Gasteiger partial charge in [-0.15, -0.1) is 0 Å². The van der Waals surface area contributed by atoms with Crippen LogP contribution in [0.2, 0.25) is 0 Å². The van der Waals surface area contributed by atoms with E-state index in [1.54, 1.807) is 12.0 Å². The summed E-state index contributed by atoms with van der Waals surface area (Å²) in [5.41, 5.74) is 3.59. The summed E-state index contributed by atoms with van der Waals surface area (Å²) in [6.07, 6.45) is 1.84.